The Bertz CT molecular complexity index is 769. The standard InChI is InChI=1S/C20H25Cl2N5O.HI/c1-2-23-20(25-13-11-15-5-10-18(22)26-14-15)24-12-3-4-19(28)27-17-8-6-16(21)7-9-17;/h5-10,14H,2-4,11-13H2,1H3,(H,27,28)(H2,23,24,25);1H. The lowest BCUT2D eigenvalue weighted by Gasteiger charge is -2.11. The van der Waals surface area contributed by atoms with Gasteiger partial charge in [0.1, 0.15) is 5.15 Å². The molecule has 0 radical (unpaired) electrons. The van der Waals surface area contributed by atoms with Gasteiger partial charge in [-0.15, -0.1) is 24.0 Å². The van der Waals surface area contributed by atoms with E-state index in [2.05, 4.69) is 25.9 Å². The van der Waals surface area contributed by atoms with E-state index in [-0.39, 0.29) is 29.9 Å². The predicted octanol–water partition coefficient (Wildman–Crippen LogP) is 4.52. The minimum atomic E-state index is -0.0364. The van der Waals surface area contributed by atoms with Gasteiger partial charge >= 0.3 is 0 Å². The van der Waals surface area contributed by atoms with Gasteiger partial charge in [-0.2, -0.15) is 0 Å². The van der Waals surface area contributed by atoms with Gasteiger partial charge in [-0.3, -0.25) is 9.79 Å². The Morgan fingerprint density at radius 1 is 1.10 bits per heavy atom. The Morgan fingerprint density at radius 2 is 1.86 bits per heavy atom. The van der Waals surface area contributed by atoms with Crippen molar-refractivity contribution in [2.75, 3.05) is 25.0 Å². The number of nitrogens with zero attached hydrogens (tertiary/aromatic N) is 2. The van der Waals surface area contributed by atoms with E-state index in [0.29, 0.717) is 29.6 Å². The van der Waals surface area contributed by atoms with Gasteiger partial charge in [0.25, 0.3) is 0 Å². The number of hydrogen-bond donors (Lipinski definition) is 3. The van der Waals surface area contributed by atoms with Crippen LogP contribution in [0.2, 0.25) is 10.2 Å². The second-order valence-electron chi connectivity index (χ2n) is 6.09. The van der Waals surface area contributed by atoms with E-state index in [4.69, 9.17) is 23.2 Å². The number of halogens is 3. The van der Waals surface area contributed by atoms with Crippen molar-refractivity contribution in [2.45, 2.75) is 26.2 Å². The third-order valence-corrected chi connectivity index (χ3v) is 4.27. The van der Waals surface area contributed by atoms with Gasteiger partial charge in [0.2, 0.25) is 5.91 Å². The van der Waals surface area contributed by atoms with Crippen molar-refractivity contribution in [3.8, 4) is 0 Å². The van der Waals surface area contributed by atoms with Crippen molar-refractivity contribution in [3.05, 3.63) is 58.3 Å². The molecular weight excluding hydrogens is 524 g/mol. The molecule has 0 fully saturated rings. The molecule has 9 heteroatoms. The summed E-state index contributed by atoms with van der Waals surface area (Å²) in [4.78, 5) is 20.6. The lowest BCUT2D eigenvalue weighted by molar-refractivity contribution is -0.116. The highest BCUT2D eigenvalue weighted by Gasteiger charge is 2.03. The highest BCUT2D eigenvalue weighted by atomic mass is 127. The highest BCUT2D eigenvalue weighted by molar-refractivity contribution is 14.0. The summed E-state index contributed by atoms with van der Waals surface area (Å²) in [6.07, 6.45) is 3.66. The number of guanidine groups is 1. The molecule has 0 bridgehead atoms. The molecule has 2 rings (SSSR count). The molecular formula is C20H26Cl2IN5O. The number of carbonyl (C=O) groups is 1. The zero-order valence-electron chi connectivity index (χ0n) is 16.3. The molecule has 1 heterocycles. The van der Waals surface area contributed by atoms with Crippen LogP contribution in [-0.2, 0) is 11.2 Å². The van der Waals surface area contributed by atoms with Crippen LogP contribution in [0.5, 0.6) is 0 Å². The Kier molecular flexibility index (Phi) is 12.6. The summed E-state index contributed by atoms with van der Waals surface area (Å²) in [5, 5.41) is 10.5. The lowest BCUT2D eigenvalue weighted by atomic mass is 10.2. The van der Waals surface area contributed by atoms with Crippen molar-refractivity contribution in [1.29, 1.82) is 0 Å². The number of anilines is 1. The number of nitrogens with one attached hydrogen (secondary N) is 3. The Balaban J connectivity index is 0.00000420. The molecule has 1 aromatic carbocycles. The van der Waals surface area contributed by atoms with E-state index in [0.717, 1.165) is 36.7 Å². The third-order valence-electron chi connectivity index (χ3n) is 3.80. The molecule has 2 aromatic rings. The van der Waals surface area contributed by atoms with Crippen molar-refractivity contribution in [2.24, 2.45) is 4.99 Å². The molecule has 1 aromatic heterocycles. The number of aromatic nitrogens is 1. The van der Waals surface area contributed by atoms with Crippen molar-refractivity contribution < 1.29 is 4.79 Å². The normalized spacial score (nSPS) is 10.8. The van der Waals surface area contributed by atoms with E-state index in [9.17, 15) is 4.79 Å². The maximum Gasteiger partial charge on any atom is 0.224 e. The van der Waals surface area contributed by atoms with Gasteiger partial charge in [-0.1, -0.05) is 29.3 Å². The van der Waals surface area contributed by atoms with Gasteiger partial charge in [-0.05, 0) is 55.7 Å². The maximum absolute atomic E-state index is 12.0. The number of aliphatic imine (C=N–C) groups is 1. The molecule has 0 unspecified atom stereocenters. The van der Waals surface area contributed by atoms with E-state index in [1.165, 1.54) is 0 Å². The Labute approximate surface area is 198 Å². The second kappa shape index (κ2) is 14.4. The van der Waals surface area contributed by atoms with Crippen LogP contribution >= 0.6 is 47.2 Å². The molecule has 0 atom stereocenters. The van der Waals surface area contributed by atoms with Crippen LogP contribution < -0.4 is 16.0 Å². The lowest BCUT2D eigenvalue weighted by Crippen LogP contribution is -2.38. The van der Waals surface area contributed by atoms with Gasteiger partial charge in [0, 0.05) is 43.0 Å². The zero-order chi connectivity index (χ0) is 20.2. The Hall–Kier alpha value is -1.58. The molecule has 0 aliphatic carbocycles. The topological polar surface area (TPSA) is 78.4 Å². The number of pyridine rings is 1. The fourth-order valence-corrected chi connectivity index (χ4v) is 2.65. The predicted molar refractivity (Wildman–Crippen MR) is 132 cm³/mol. The van der Waals surface area contributed by atoms with Crippen LogP contribution in [0.25, 0.3) is 0 Å². The van der Waals surface area contributed by atoms with Crippen LogP contribution in [0, 0.1) is 0 Å². The first-order valence-electron chi connectivity index (χ1n) is 9.25. The SMILES string of the molecule is CCNC(=NCCCC(=O)Nc1ccc(Cl)cc1)NCCc1ccc(Cl)nc1.I. The van der Waals surface area contributed by atoms with Crippen LogP contribution in [0.4, 0.5) is 5.69 Å². The highest BCUT2D eigenvalue weighted by Crippen LogP contribution is 2.13. The van der Waals surface area contributed by atoms with E-state index in [1.54, 1.807) is 36.5 Å². The summed E-state index contributed by atoms with van der Waals surface area (Å²) in [6.45, 7) is 4.07. The molecule has 29 heavy (non-hydrogen) atoms. The van der Waals surface area contributed by atoms with Gasteiger partial charge in [0.15, 0.2) is 5.96 Å². The van der Waals surface area contributed by atoms with Crippen LogP contribution in [0.3, 0.4) is 0 Å². The average molecular weight is 550 g/mol. The number of hydrogen-bond acceptors (Lipinski definition) is 3. The van der Waals surface area contributed by atoms with Gasteiger partial charge in [-0.25, -0.2) is 4.98 Å². The molecule has 0 aliphatic rings. The molecule has 0 spiro atoms. The molecule has 158 valence electrons. The quantitative estimate of drug-likeness (QED) is 0.141. The summed E-state index contributed by atoms with van der Waals surface area (Å²) in [5.41, 5.74) is 1.84. The van der Waals surface area contributed by atoms with Crippen molar-refractivity contribution >= 4 is 64.7 Å². The average Bonchev–Trinajstić information content (AvgIpc) is 2.68. The maximum atomic E-state index is 12.0. The molecule has 3 N–H and O–H groups in total. The molecule has 0 saturated heterocycles. The van der Waals surface area contributed by atoms with Crippen molar-refractivity contribution in [1.82, 2.24) is 15.6 Å². The first kappa shape index (κ1) is 25.5. The molecule has 1 amide bonds. The first-order chi connectivity index (χ1) is 13.6. The largest absolute Gasteiger partial charge is 0.357 e. The third kappa shape index (κ3) is 10.7. The second-order valence-corrected chi connectivity index (χ2v) is 6.91. The minimum Gasteiger partial charge on any atom is -0.357 e. The Morgan fingerprint density at radius 3 is 2.52 bits per heavy atom. The summed E-state index contributed by atoms with van der Waals surface area (Å²) < 4.78 is 0. The van der Waals surface area contributed by atoms with E-state index in [1.807, 2.05) is 13.0 Å². The van der Waals surface area contributed by atoms with Crippen LogP contribution in [0.1, 0.15) is 25.3 Å². The first-order valence-corrected chi connectivity index (χ1v) is 10.0. The summed E-state index contributed by atoms with van der Waals surface area (Å²) in [6, 6.07) is 10.8. The summed E-state index contributed by atoms with van der Waals surface area (Å²) in [5.74, 6) is 0.702. The minimum absolute atomic E-state index is 0. The van der Waals surface area contributed by atoms with E-state index < -0.39 is 0 Å². The molecule has 0 saturated carbocycles. The number of amides is 1. The number of rotatable bonds is 9. The zero-order valence-corrected chi connectivity index (χ0v) is 20.1. The fourth-order valence-electron chi connectivity index (χ4n) is 2.41. The van der Waals surface area contributed by atoms with Gasteiger partial charge < -0.3 is 16.0 Å². The smallest absolute Gasteiger partial charge is 0.224 e. The molecule has 6 nitrogen and oxygen atoms in total. The van der Waals surface area contributed by atoms with Crippen molar-refractivity contribution in [3.63, 3.8) is 0 Å². The van der Waals surface area contributed by atoms with E-state index >= 15 is 0 Å². The summed E-state index contributed by atoms with van der Waals surface area (Å²) in [7, 11) is 0. The van der Waals surface area contributed by atoms with Gasteiger partial charge in [0.05, 0.1) is 0 Å². The number of carbonyl (C=O) groups excluding carboxylic acids is 1. The van der Waals surface area contributed by atoms with Crippen LogP contribution in [0.15, 0.2) is 47.6 Å². The monoisotopic (exact) mass is 549 g/mol. The molecule has 0 aliphatic heterocycles. The fraction of sp³-hybridized carbons (Fsp3) is 0.350. The summed E-state index contributed by atoms with van der Waals surface area (Å²) >= 11 is 11.6. The number of benzene rings is 1. The van der Waals surface area contributed by atoms with Crippen LogP contribution in [-0.4, -0.2) is 36.5 Å².